The summed E-state index contributed by atoms with van der Waals surface area (Å²) in [5.41, 5.74) is 1.84. The van der Waals surface area contributed by atoms with Gasteiger partial charge in [0.15, 0.2) is 0 Å². The molecule has 2 aromatic rings. The maximum Gasteiger partial charge on any atom is 0.307 e. The highest BCUT2D eigenvalue weighted by molar-refractivity contribution is 9.10. The van der Waals surface area contributed by atoms with Gasteiger partial charge in [0.25, 0.3) is 0 Å². The van der Waals surface area contributed by atoms with Crippen LogP contribution in [0.5, 0.6) is 0 Å². The summed E-state index contributed by atoms with van der Waals surface area (Å²) < 4.78 is 0.922. The van der Waals surface area contributed by atoms with Gasteiger partial charge in [0, 0.05) is 4.47 Å². The first-order chi connectivity index (χ1) is 9.97. The zero-order valence-corrected chi connectivity index (χ0v) is 14.1. The number of benzene rings is 2. The van der Waals surface area contributed by atoms with Crippen LogP contribution in [-0.2, 0) is 17.6 Å². The Labute approximate surface area is 141 Å². The van der Waals surface area contributed by atoms with E-state index in [4.69, 9.17) is 23.2 Å². The van der Waals surface area contributed by atoms with Gasteiger partial charge in [-0.2, -0.15) is 0 Å². The van der Waals surface area contributed by atoms with E-state index in [2.05, 4.69) is 15.9 Å². The van der Waals surface area contributed by atoms with Crippen LogP contribution >= 0.6 is 39.1 Å². The predicted molar refractivity (Wildman–Crippen MR) is 89.1 cm³/mol. The molecule has 21 heavy (non-hydrogen) atoms. The first-order valence-corrected chi connectivity index (χ1v) is 7.92. The predicted octanol–water partition coefficient (Wildman–Crippen LogP) is 5.24. The van der Waals surface area contributed by atoms with E-state index in [-0.39, 0.29) is 0 Å². The third-order valence-electron chi connectivity index (χ3n) is 3.24. The Hall–Kier alpha value is -1.03. The second kappa shape index (κ2) is 7.30. The van der Waals surface area contributed by atoms with Gasteiger partial charge in [-0.3, -0.25) is 4.79 Å². The van der Waals surface area contributed by atoms with Gasteiger partial charge < -0.3 is 5.11 Å². The molecule has 0 radical (unpaired) electrons. The molecule has 0 spiro atoms. The number of carbonyl (C=O) groups is 1. The summed E-state index contributed by atoms with van der Waals surface area (Å²) in [5.74, 6) is -1.34. The molecule has 0 saturated carbocycles. The molecule has 2 rings (SSSR count). The molecule has 2 aromatic carbocycles. The van der Waals surface area contributed by atoms with E-state index in [1.165, 1.54) is 0 Å². The zero-order valence-electron chi connectivity index (χ0n) is 11.0. The van der Waals surface area contributed by atoms with Crippen LogP contribution in [0.25, 0.3) is 0 Å². The number of halogens is 3. The molecule has 1 atom stereocenters. The smallest absolute Gasteiger partial charge is 0.307 e. The molecular weight excluding hydrogens is 375 g/mol. The highest BCUT2D eigenvalue weighted by Crippen LogP contribution is 2.26. The lowest BCUT2D eigenvalue weighted by atomic mass is 9.93. The molecular formula is C16H13BrCl2O2. The zero-order chi connectivity index (χ0) is 15.4. The van der Waals surface area contributed by atoms with E-state index in [1.54, 1.807) is 12.1 Å². The molecule has 0 amide bonds. The van der Waals surface area contributed by atoms with Crippen LogP contribution in [-0.4, -0.2) is 11.1 Å². The highest BCUT2D eigenvalue weighted by Gasteiger charge is 2.20. The Kier molecular flexibility index (Phi) is 5.68. The van der Waals surface area contributed by atoms with Crippen molar-refractivity contribution in [3.05, 3.63) is 68.1 Å². The van der Waals surface area contributed by atoms with E-state index >= 15 is 0 Å². The van der Waals surface area contributed by atoms with E-state index in [9.17, 15) is 9.90 Å². The SMILES string of the molecule is O=C(O)C(Cc1ccc(Cl)c(Cl)c1)Cc1ccccc1Br. The third kappa shape index (κ3) is 4.47. The summed E-state index contributed by atoms with van der Waals surface area (Å²) >= 11 is 15.3. The van der Waals surface area contributed by atoms with E-state index in [0.29, 0.717) is 22.9 Å². The van der Waals surface area contributed by atoms with Gasteiger partial charge in [-0.15, -0.1) is 0 Å². The molecule has 2 nitrogen and oxygen atoms in total. The lowest BCUT2D eigenvalue weighted by Gasteiger charge is -2.14. The standard InChI is InChI=1S/C16H13BrCl2O2/c17-13-4-2-1-3-11(13)9-12(16(20)21)7-10-5-6-14(18)15(19)8-10/h1-6,8,12H,7,9H2,(H,20,21). The van der Waals surface area contributed by atoms with Crippen molar-refractivity contribution in [3.8, 4) is 0 Å². The van der Waals surface area contributed by atoms with Crippen molar-refractivity contribution >= 4 is 45.1 Å². The molecule has 0 heterocycles. The van der Waals surface area contributed by atoms with E-state index in [0.717, 1.165) is 15.6 Å². The number of hydrogen-bond donors (Lipinski definition) is 1. The minimum absolute atomic E-state index is 0.410. The minimum Gasteiger partial charge on any atom is -0.481 e. The van der Waals surface area contributed by atoms with Gasteiger partial charge in [0.2, 0.25) is 0 Å². The van der Waals surface area contributed by atoms with Crippen LogP contribution in [0.1, 0.15) is 11.1 Å². The summed E-state index contributed by atoms with van der Waals surface area (Å²) in [5, 5.41) is 10.4. The Bertz CT molecular complexity index is 658. The molecule has 1 N–H and O–H groups in total. The van der Waals surface area contributed by atoms with Crippen LogP contribution in [0.15, 0.2) is 46.9 Å². The first-order valence-electron chi connectivity index (χ1n) is 6.37. The van der Waals surface area contributed by atoms with Gasteiger partial charge in [-0.1, -0.05) is 63.4 Å². The molecule has 0 aliphatic rings. The van der Waals surface area contributed by atoms with Crippen molar-refractivity contribution in [2.75, 3.05) is 0 Å². The molecule has 0 aliphatic heterocycles. The van der Waals surface area contributed by atoms with Crippen LogP contribution in [0.4, 0.5) is 0 Å². The average Bonchev–Trinajstić information content (AvgIpc) is 2.44. The first kappa shape index (κ1) is 16.3. The van der Waals surface area contributed by atoms with Crippen LogP contribution < -0.4 is 0 Å². The summed E-state index contributed by atoms with van der Waals surface area (Å²) in [7, 11) is 0. The third-order valence-corrected chi connectivity index (χ3v) is 4.75. The monoisotopic (exact) mass is 386 g/mol. The molecule has 0 bridgehead atoms. The van der Waals surface area contributed by atoms with E-state index in [1.807, 2.05) is 30.3 Å². The van der Waals surface area contributed by atoms with Crippen molar-refractivity contribution in [3.63, 3.8) is 0 Å². The lowest BCUT2D eigenvalue weighted by Crippen LogP contribution is -2.19. The lowest BCUT2D eigenvalue weighted by molar-refractivity contribution is -0.141. The number of carboxylic acids is 1. The summed E-state index contributed by atoms with van der Waals surface area (Å²) in [4.78, 5) is 11.5. The van der Waals surface area contributed by atoms with Gasteiger partial charge in [-0.25, -0.2) is 0 Å². The Morgan fingerprint density at radius 3 is 2.43 bits per heavy atom. The van der Waals surface area contributed by atoms with Gasteiger partial charge in [0.1, 0.15) is 0 Å². The van der Waals surface area contributed by atoms with Crippen LogP contribution in [0.3, 0.4) is 0 Å². The minimum atomic E-state index is -0.822. The number of hydrogen-bond acceptors (Lipinski definition) is 1. The maximum absolute atomic E-state index is 11.5. The molecule has 0 aromatic heterocycles. The summed E-state index contributed by atoms with van der Waals surface area (Å²) in [6, 6.07) is 12.9. The second-order valence-corrected chi connectivity index (χ2v) is 6.45. The number of rotatable bonds is 5. The van der Waals surface area contributed by atoms with Gasteiger partial charge in [-0.05, 0) is 42.2 Å². The quantitative estimate of drug-likeness (QED) is 0.761. The van der Waals surface area contributed by atoms with Crippen LogP contribution in [0, 0.1) is 5.92 Å². The fourth-order valence-electron chi connectivity index (χ4n) is 2.13. The summed E-state index contributed by atoms with van der Waals surface area (Å²) in [6.45, 7) is 0. The van der Waals surface area contributed by atoms with Crippen molar-refractivity contribution in [2.45, 2.75) is 12.8 Å². The number of aliphatic carboxylic acids is 1. The average molecular weight is 388 g/mol. The van der Waals surface area contributed by atoms with Gasteiger partial charge >= 0.3 is 5.97 Å². The summed E-state index contributed by atoms with van der Waals surface area (Å²) in [6.07, 6.45) is 0.866. The second-order valence-electron chi connectivity index (χ2n) is 4.78. The maximum atomic E-state index is 11.5. The topological polar surface area (TPSA) is 37.3 Å². The van der Waals surface area contributed by atoms with Crippen molar-refractivity contribution in [1.82, 2.24) is 0 Å². The molecule has 0 aliphatic carbocycles. The molecule has 1 unspecified atom stereocenters. The Morgan fingerprint density at radius 1 is 1.10 bits per heavy atom. The Balaban J connectivity index is 2.18. The van der Waals surface area contributed by atoms with Crippen LogP contribution in [0.2, 0.25) is 10.0 Å². The van der Waals surface area contributed by atoms with E-state index < -0.39 is 11.9 Å². The van der Waals surface area contributed by atoms with Gasteiger partial charge in [0.05, 0.1) is 16.0 Å². The fraction of sp³-hybridized carbons (Fsp3) is 0.188. The molecule has 0 fully saturated rings. The molecule has 5 heteroatoms. The highest BCUT2D eigenvalue weighted by atomic mass is 79.9. The fourth-order valence-corrected chi connectivity index (χ4v) is 2.89. The molecule has 110 valence electrons. The van der Waals surface area contributed by atoms with Crippen molar-refractivity contribution in [2.24, 2.45) is 5.92 Å². The van der Waals surface area contributed by atoms with Crippen molar-refractivity contribution in [1.29, 1.82) is 0 Å². The molecule has 0 saturated heterocycles. The van der Waals surface area contributed by atoms with Crippen molar-refractivity contribution < 1.29 is 9.90 Å². The normalized spacial score (nSPS) is 12.1. The Morgan fingerprint density at radius 2 is 1.81 bits per heavy atom. The number of carboxylic acid groups (broad SMARTS) is 1. The largest absolute Gasteiger partial charge is 0.481 e.